The van der Waals surface area contributed by atoms with Gasteiger partial charge in [-0.05, 0) is 37.7 Å². The highest BCUT2D eigenvalue weighted by atomic mass is 32.1. The fourth-order valence-corrected chi connectivity index (χ4v) is 5.31. The molecule has 2 aromatic heterocycles. The average Bonchev–Trinajstić information content (AvgIpc) is 2.91. The van der Waals surface area contributed by atoms with Crippen molar-refractivity contribution in [2.24, 2.45) is 5.92 Å². The van der Waals surface area contributed by atoms with Crippen molar-refractivity contribution in [3.63, 3.8) is 0 Å². The molecule has 0 radical (unpaired) electrons. The van der Waals surface area contributed by atoms with Crippen LogP contribution in [0.15, 0.2) is 0 Å². The number of hydrogen-bond donors (Lipinski definition) is 0. The van der Waals surface area contributed by atoms with E-state index in [0.29, 0.717) is 0 Å². The third-order valence-electron chi connectivity index (χ3n) is 5.27. The molecule has 0 N–H and O–H groups in total. The molecule has 5 nitrogen and oxygen atoms in total. The van der Waals surface area contributed by atoms with Crippen molar-refractivity contribution in [1.29, 1.82) is 0 Å². The molecule has 0 unspecified atom stereocenters. The SMILES string of the molecule is CC(=O)N1CCN(c2nc(C)nc3sc4c(c23)CC[C@@H](C)C4)CC1. The predicted molar refractivity (Wildman–Crippen MR) is 97.8 cm³/mol. The highest BCUT2D eigenvalue weighted by Gasteiger charge is 2.27. The van der Waals surface area contributed by atoms with E-state index in [9.17, 15) is 4.79 Å². The summed E-state index contributed by atoms with van der Waals surface area (Å²) in [6.07, 6.45) is 3.57. The first-order chi connectivity index (χ1) is 11.5. The standard InChI is InChI=1S/C18H24N4OS/c1-11-4-5-14-15(10-11)24-18-16(14)17(19-12(2)20-18)22-8-6-21(7-9-22)13(3)23/h11H,4-10H2,1-3H3/t11-/m1/s1. The molecule has 0 spiro atoms. The number of anilines is 1. The van der Waals surface area contributed by atoms with Gasteiger partial charge in [-0.3, -0.25) is 4.79 Å². The molecular weight excluding hydrogens is 320 g/mol. The van der Waals surface area contributed by atoms with E-state index in [1.807, 2.05) is 23.2 Å². The van der Waals surface area contributed by atoms with Gasteiger partial charge in [0.15, 0.2) is 0 Å². The van der Waals surface area contributed by atoms with Crippen LogP contribution in [0.1, 0.15) is 36.5 Å². The van der Waals surface area contributed by atoms with E-state index in [1.165, 1.54) is 28.7 Å². The molecule has 2 aliphatic rings. The number of aromatic nitrogens is 2. The summed E-state index contributed by atoms with van der Waals surface area (Å²) in [4.78, 5) is 28.0. The van der Waals surface area contributed by atoms with Crippen LogP contribution in [0.5, 0.6) is 0 Å². The van der Waals surface area contributed by atoms with E-state index in [-0.39, 0.29) is 5.91 Å². The van der Waals surface area contributed by atoms with Crippen molar-refractivity contribution >= 4 is 33.3 Å². The van der Waals surface area contributed by atoms with E-state index in [0.717, 1.165) is 55.0 Å². The number of carbonyl (C=O) groups is 1. The lowest BCUT2D eigenvalue weighted by molar-refractivity contribution is -0.129. The van der Waals surface area contributed by atoms with Crippen molar-refractivity contribution in [3.8, 4) is 0 Å². The fourth-order valence-electron chi connectivity index (χ4n) is 3.89. The molecule has 1 fully saturated rings. The molecule has 2 aromatic rings. The van der Waals surface area contributed by atoms with Gasteiger partial charge >= 0.3 is 0 Å². The van der Waals surface area contributed by atoms with Gasteiger partial charge in [0.2, 0.25) is 5.91 Å². The molecular formula is C18H24N4OS. The van der Waals surface area contributed by atoms with Crippen molar-refractivity contribution in [2.75, 3.05) is 31.1 Å². The first-order valence-corrected chi connectivity index (χ1v) is 9.64. The lowest BCUT2D eigenvalue weighted by Crippen LogP contribution is -2.48. The summed E-state index contributed by atoms with van der Waals surface area (Å²) >= 11 is 1.86. The van der Waals surface area contributed by atoms with Gasteiger partial charge < -0.3 is 9.80 Å². The molecule has 1 saturated heterocycles. The maximum Gasteiger partial charge on any atom is 0.219 e. The Kier molecular flexibility index (Phi) is 3.95. The molecule has 0 saturated carbocycles. The fraction of sp³-hybridized carbons (Fsp3) is 0.611. The molecule has 1 amide bonds. The average molecular weight is 344 g/mol. The molecule has 0 bridgehead atoms. The zero-order valence-corrected chi connectivity index (χ0v) is 15.4. The van der Waals surface area contributed by atoms with Gasteiger partial charge in [-0.15, -0.1) is 11.3 Å². The number of aryl methyl sites for hydroxylation is 2. The topological polar surface area (TPSA) is 49.3 Å². The number of amides is 1. The van der Waals surface area contributed by atoms with Crippen molar-refractivity contribution in [3.05, 3.63) is 16.3 Å². The van der Waals surface area contributed by atoms with Crippen molar-refractivity contribution < 1.29 is 4.79 Å². The van der Waals surface area contributed by atoms with Crippen LogP contribution in [0.3, 0.4) is 0 Å². The maximum absolute atomic E-state index is 11.6. The van der Waals surface area contributed by atoms with Crippen LogP contribution in [0.4, 0.5) is 5.82 Å². The number of carbonyl (C=O) groups excluding carboxylic acids is 1. The van der Waals surface area contributed by atoms with Gasteiger partial charge in [0.1, 0.15) is 16.5 Å². The highest BCUT2D eigenvalue weighted by Crippen LogP contribution is 2.41. The molecule has 3 heterocycles. The minimum Gasteiger partial charge on any atom is -0.352 e. The summed E-state index contributed by atoms with van der Waals surface area (Å²) in [7, 11) is 0. The van der Waals surface area contributed by atoms with Crippen LogP contribution in [-0.2, 0) is 17.6 Å². The van der Waals surface area contributed by atoms with Crippen LogP contribution in [0.25, 0.3) is 10.2 Å². The molecule has 6 heteroatoms. The van der Waals surface area contributed by atoms with Crippen molar-refractivity contribution in [2.45, 2.75) is 40.0 Å². The minimum atomic E-state index is 0.167. The number of fused-ring (bicyclic) bond motifs is 3. The van der Waals surface area contributed by atoms with Gasteiger partial charge in [0.05, 0.1) is 5.39 Å². The van der Waals surface area contributed by atoms with Crippen LogP contribution in [-0.4, -0.2) is 47.0 Å². The van der Waals surface area contributed by atoms with Crippen molar-refractivity contribution in [1.82, 2.24) is 14.9 Å². The molecule has 1 aliphatic carbocycles. The number of thiophene rings is 1. The second kappa shape index (κ2) is 5.99. The second-order valence-corrected chi connectivity index (χ2v) is 8.20. The van der Waals surface area contributed by atoms with E-state index >= 15 is 0 Å². The monoisotopic (exact) mass is 344 g/mol. The molecule has 4 rings (SSSR count). The Morgan fingerprint density at radius 1 is 1.21 bits per heavy atom. The van der Waals surface area contributed by atoms with E-state index in [1.54, 1.807) is 6.92 Å². The summed E-state index contributed by atoms with van der Waals surface area (Å²) in [6.45, 7) is 9.24. The number of nitrogens with zero attached hydrogens (tertiary/aromatic N) is 4. The lowest BCUT2D eigenvalue weighted by Gasteiger charge is -2.35. The lowest BCUT2D eigenvalue weighted by atomic mass is 9.89. The van der Waals surface area contributed by atoms with Gasteiger partial charge in [-0.2, -0.15) is 0 Å². The summed E-state index contributed by atoms with van der Waals surface area (Å²) in [5.41, 5.74) is 1.48. The Hall–Kier alpha value is -1.69. The highest BCUT2D eigenvalue weighted by molar-refractivity contribution is 7.19. The van der Waals surface area contributed by atoms with Gasteiger partial charge in [0, 0.05) is 38.0 Å². The molecule has 0 aromatic carbocycles. The summed E-state index contributed by atoms with van der Waals surface area (Å²) in [5, 5.41) is 1.28. The first kappa shape index (κ1) is 15.8. The molecule has 24 heavy (non-hydrogen) atoms. The first-order valence-electron chi connectivity index (χ1n) is 8.82. The van der Waals surface area contributed by atoms with Gasteiger partial charge in [0.25, 0.3) is 0 Å². The minimum absolute atomic E-state index is 0.167. The van der Waals surface area contributed by atoms with Crippen LogP contribution < -0.4 is 4.90 Å². The Labute approximate surface area is 146 Å². The summed E-state index contributed by atoms with van der Waals surface area (Å²) in [6, 6.07) is 0. The summed E-state index contributed by atoms with van der Waals surface area (Å²) < 4.78 is 0. The molecule has 1 atom stereocenters. The third kappa shape index (κ3) is 2.66. The van der Waals surface area contributed by atoms with Crippen LogP contribution in [0.2, 0.25) is 0 Å². The Balaban J connectivity index is 1.74. The number of rotatable bonds is 1. The summed E-state index contributed by atoms with van der Waals surface area (Å²) in [5.74, 6) is 2.87. The Morgan fingerprint density at radius 3 is 2.67 bits per heavy atom. The predicted octanol–water partition coefficient (Wildman–Crippen LogP) is 2.79. The van der Waals surface area contributed by atoms with E-state index < -0.39 is 0 Å². The molecule has 128 valence electrons. The number of hydrogen-bond acceptors (Lipinski definition) is 5. The van der Waals surface area contributed by atoms with Gasteiger partial charge in [-0.25, -0.2) is 9.97 Å². The zero-order chi connectivity index (χ0) is 16.8. The zero-order valence-electron chi connectivity index (χ0n) is 14.6. The molecule has 1 aliphatic heterocycles. The van der Waals surface area contributed by atoms with Crippen LogP contribution in [0, 0.1) is 12.8 Å². The number of piperazine rings is 1. The smallest absolute Gasteiger partial charge is 0.219 e. The van der Waals surface area contributed by atoms with Gasteiger partial charge in [-0.1, -0.05) is 6.92 Å². The Morgan fingerprint density at radius 2 is 1.96 bits per heavy atom. The van der Waals surface area contributed by atoms with E-state index in [4.69, 9.17) is 9.97 Å². The second-order valence-electron chi connectivity index (χ2n) is 7.12. The quantitative estimate of drug-likeness (QED) is 0.798. The normalized spacial score (nSPS) is 21.2. The maximum atomic E-state index is 11.6. The third-order valence-corrected chi connectivity index (χ3v) is 6.42. The largest absolute Gasteiger partial charge is 0.352 e. The van der Waals surface area contributed by atoms with E-state index in [2.05, 4.69) is 11.8 Å². The Bertz CT molecular complexity index is 792. The van der Waals surface area contributed by atoms with Crippen LogP contribution >= 0.6 is 11.3 Å².